The second kappa shape index (κ2) is 7.59. The van der Waals surface area contributed by atoms with Crippen LogP contribution in [0, 0.1) is 6.92 Å². The lowest BCUT2D eigenvalue weighted by molar-refractivity contribution is -0.136. The third kappa shape index (κ3) is 3.82. The summed E-state index contributed by atoms with van der Waals surface area (Å²) in [5, 5.41) is 3.83. The molecule has 1 unspecified atom stereocenters. The topological polar surface area (TPSA) is 67.7 Å². The van der Waals surface area contributed by atoms with E-state index < -0.39 is 12.5 Å². The third-order valence-electron chi connectivity index (χ3n) is 4.01. The van der Waals surface area contributed by atoms with Gasteiger partial charge in [-0.25, -0.2) is 13.6 Å². The summed E-state index contributed by atoms with van der Waals surface area (Å²) in [6.07, 6.45) is -3.05. The van der Waals surface area contributed by atoms with E-state index in [1.807, 2.05) is 0 Å². The number of ether oxygens (including phenoxy) is 1. The van der Waals surface area contributed by atoms with Gasteiger partial charge < -0.3 is 14.5 Å². The van der Waals surface area contributed by atoms with Crippen LogP contribution < -0.4 is 0 Å². The maximum atomic E-state index is 12.7. The summed E-state index contributed by atoms with van der Waals surface area (Å²) in [5.41, 5.74) is 0.176. The third-order valence-corrected chi connectivity index (χ3v) is 4.01. The molecule has 1 fully saturated rings. The molecule has 2 rings (SSSR count). The normalized spacial score (nSPS) is 16.4. The minimum Gasteiger partial charge on any atom is -0.450 e. The highest BCUT2D eigenvalue weighted by Crippen LogP contribution is 2.21. The van der Waals surface area contributed by atoms with Crippen molar-refractivity contribution in [3.8, 4) is 0 Å². The van der Waals surface area contributed by atoms with E-state index >= 15 is 0 Å². The Balaban J connectivity index is 1.98. The minimum absolute atomic E-state index is 0.203. The highest BCUT2D eigenvalue weighted by atomic mass is 19.3. The average Bonchev–Trinajstić information content (AvgIpc) is 2.96. The number of hydrogen-bond acceptors (Lipinski definition) is 4. The van der Waals surface area contributed by atoms with Gasteiger partial charge in [-0.3, -0.25) is 9.48 Å². The molecule has 24 heavy (non-hydrogen) atoms. The first-order chi connectivity index (χ1) is 11.3. The summed E-state index contributed by atoms with van der Waals surface area (Å²) in [5.74, 6) is -0.203. The van der Waals surface area contributed by atoms with Gasteiger partial charge in [0.25, 0.3) is 6.43 Å². The minimum atomic E-state index is -2.67. The zero-order chi connectivity index (χ0) is 17.9. The van der Waals surface area contributed by atoms with Gasteiger partial charge >= 0.3 is 6.09 Å². The van der Waals surface area contributed by atoms with Crippen LogP contribution in [0.3, 0.4) is 0 Å². The molecule has 0 aromatic carbocycles. The standard InChI is InChI=1S/C15H22F2N4O3/c1-4-24-15(23)20-7-5-19(6-8-20)14(22)11(3)21-10(2)9-12(18-21)13(16)17/h9,11,13H,4-8H2,1-3H3. The zero-order valence-electron chi connectivity index (χ0n) is 14.0. The Labute approximate surface area is 139 Å². The molecule has 0 saturated carbocycles. The van der Waals surface area contributed by atoms with Gasteiger partial charge in [-0.05, 0) is 26.8 Å². The monoisotopic (exact) mass is 344 g/mol. The Morgan fingerprint density at radius 2 is 1.83 bits per heavy atom. The lowest BCUT2D eigenvalue weighted by Gasteiger charge is -2.35. The Bertz CT molecular complexity index is 598. The van der Waals surface area contributed by atoms with Gasteiger partial charge in [-0.2, -0.15) is 5.10 Å². The molecule has 0 bridgehead atoms. The molecule has 1 aliphatic heterocycles. The van der Waals surface area contributed by atoms with Gasteiger partial charge in [-0.15, -0.1) is 0 Å². The first kappa shape index (κ1) is 18.2. The highest BCUT2D eigenvalue weighted by molar-refractivity contribution is 5.80. The van der Waals surface area contributed by atoms with Crippen LogP contribution >= 0.6 is 0 Å². The van der Waals surface area contributed by atoms with Gasteiger partial charge in [0.05, 0.1) is 6.61 Å². The van der Waals surface area contributed by atoms with Crippen LogP contribution in [0.2, 0.25) is 0 Å². The first-order valence-corrected chi connectivity index (χ1v) is 7.89. The van der Waals surface area contributed by atoms with Crippen molar-refractivity contribution in [3.63, 3.8) is 0 Å². The predicted octanol–water partition coefficient (Wildman–Crippen LogP) is 1.99. The smallest absolute Gasteiger partial charge is 0.409 e. The van der Waals surface area contributed by atoms with Gasteiger partial charge in [0.1, 0.15) is 11.7 Å². The van der Waals surface area contributed by atoms with E-state index in [9.17, 15) is 18.4 Å². The molecule has 7 nitrogen and oxygen atoms in total. The number of carbonyl (C=O) groups excluding carboxylic acids is 2. The van der Waals surface area contributed by atoms with E-state index in [1.54, 1.807) is 30.6 Å². The highest BCUT2D eigenvalue weighted by Gasteiger charge is 2.29. The number of piperazine rings is 1. The van der Waals surface area contributed by atoms with E-state index in [-0.39, 0.29) is 17.7 Å². The van der Waals surface area contributed by atoms with E-state index in [0.29, 0.717) is 38.5 Å². The summed E-state index contributed by atoms with van der Waals surface area (Å²) in [6, 6.07) is 0.610. The Kier molecular flexibility index (Phi) is 5.74. The number of nitrogens with zero attached hydrogens (tertiary/aromatic N) is 4. The zero-order valence-corrected chi connectivity index (χ0v) is 14.0. The molecule has 1 aliphatic rings. The maximum absolute atomic E-state index is 12.7. The van der Waals surface area contributed by atoms with Crippen molar-refractivity contribution in [1.29, 1.82) is 0 Å². The molecular formula is C15H22F2N4O3. The van der Waals surface area contributed by atoms with Gasteiger partial charge in [0.2, 0.25) is 5.91 Å². The Hall–Kier alpha value is -2.19. The van der Waals surface area contributed by atoms with Crippen molar-refractivity contribution >= 4 is 12.0 Å². The fraction of sp³-hybridized carbons (Fsp3) is 0.667. The summed E-state index contributed by atoms with van der Waals surface area (Å²) < 4.78 is 31.7. The Morgan fingerprint density at radius 3 is 2.33 bits per heavy atom. The van der Waals surface area contributed by atoms with Crippen molar-refractivity contribution < 1.29 is 23.1 Å². The summed E-state index contributed by atoms with van der Waals surface area (Å²) in [7, 11) is 0. The second-order valence-electron chi connectivity index (χ2n) is 5.64. The van der Waals surface area contributed by atoms with Crippen LogP contribution in [0.4, 0.5) is 13.6 Å². The second-order valence-corrected chi connectivity index (χ2v) is 5.64. The SMILES string of the molecule is CCOC(=O)N1CCN(C(=O)C(C)n2nc(C(F)F)cc2C)CC1. The maximum Gasteiger partial charge on any atom is 0.409 e. The molecule has 9 heteroatoms. The number of hydrogen-bond donors (Lipinski definition) is 0. The molecule has 2 heterocycles. The average molecular weight is 344 g/mol. The number of halogens is 2. The Morgan fingerprint density at radius 1 is 1.25 bits per heavy atom. The molecule has 0 spiro atoms. The molecule has 0 aliphatic carbocycles. The summed E-state index contributed by atoms with van der Waals surface area (Å²) in [6.45, 7) is 6.85. The molecular weight excluding hydrogens is 322 g/mol. The van der Waals surface area contributed by atoms with Crippen LogP contribution in [0.25, 0.3) is 0 Å². The molecule has 134 valence electrons. The van der Waals surface area contributed by atoms with Crippen molar-refractivity contribution in [2.24, 2.45) is 0 Å². The molecule has 1 atom stereocenters. The predicted molar refractivity (Wildman–Crippen MR) is 81.8 cm³/mol. The van der Waals surface area contributed by atoms with E-state index in [1.165, 1.54) is 10.7 Å². The summed E-state index contributed by atoms with van der Waals surface area (Å²) >= 11 is 0. The number of amides is 2. The van der Waals surface area contributed by atoms with E-state index in [2.05, 4.69) is 5.10 Å². The van der Waals surface area contributed by atoms with Crippen LogP contribution in [0.1, 0.15) is 37.7 Å². The van der Waals surface area contributed by atoms with Crippen LogP contribution in [-0.4, -0.2) is 64.4 Å². The van der Waals surface area contributed by atoms with Gasteiger partial charge in [-0.1, -0.05) is 0 Å². The summed E-state index contributed by atoms with van der Waals surface area (Å²) in [4.78, 5) is 27.4. The van der Waals surface area contributed by atoms with Crippen molar-refractivity contribution in [2.75, 3.05) is 32.8 Å². The van der Waals surface area contributed by atoms with Crippen LogP contribution in [0.15, 0.2) is 6.07 Å². The van der Waals surface area contributed by atoms with Gasteiger partial charge in [0, 0.05) is 31.9 Å². The molecule has 0 radical (unpaired) electrons. The number of aryl methyl sites for hydroxylation is 1. The van der Waals surface area contributed by atoms with Crippen LogP contribution in [0.5, 0.6) is 0 Å². The number of aromatic nitrogens is 2. The van der Waals surface area contributed by atoms with E-state index in [0.717, 1.165) is 0 Å². The van der Waals surface area contributed by atoms with Crippen molar-refractivity contribution in [2.45, 2.75) is 33.2 Å². The quantitative estimate of drug-likeness (QED) is 0.838. The molecule has 1 aromatic rings. The fourth-order valence-corrected chi connectivity index (χ4v) is 2.70. The van der Waals surface area contributed by atoms with Crippen LogP contribution in [-0.2, 0) is 9.53 Å². The largest absolute Gasteiger partial charge is 0.450 e. The first-order valence-electron chi connectivity index (χ1n) is 7.89. The number of rotatable bonds is 4. The molecule has 0 N–H and O–H groups in total. The number of alkyl halides is 2. The molecule has 1 aromatic heterocycles. The molecule has 1 saturated heterocycles. The number of carbonyl (C=O) groups is 2. The molecule has 2 amide bonds. The van der Waals surface area contributed by atoms with Crippen molar-refractivity contribution in [3.05, 3.63) is 17.5 Å². The lowest BCUT2D eigenvalue weighted by atomic mass is 10.2. The van der Waals surface area contributed by atoms with Crippen molar-refractivity contribution in [1.82, 2.24) is 19.6 Å². The lowest BCUT2D eigenvalue weighted by Crippen LogP contribution is -2.52. The van der Waals surface area contributed by atoms with E-state index in [4.69, 9.17) is 4.74 Å². The fourth-order valence-electron chi connectivity index (χ4n) is 2.70. The van der Waals surface area contributed by atoms with Gasteiger partial charge in [0.15, 0.2) is 0 Å².